The molecule has 0 aromatic heterocycles. The fourth-order valence-corrected chi connectivity index (χ4v) is 2.95. The Hall–Kier alpha value is -1.13. The quantitative estimate of drug-likeness (QED) is 0.897. The number of rotatable bonds is 5. The molecule has 0 aliphatic carbocycles. The number of halogens is 1. The Bertz CT molecular complexity index is 432. The molecule has 0 saturated carbocycles. The number of piperazine rings is 1. The van der Waals surface area contributed by atoms with Gasteiger partial charge in [0, 0.05) is 32.2 Å². The van der Waals surface area contributed by atoms with Crippen molar-refractivity contribution in [2.24, 2.45) is 5.92 Å². The maximum atomic E-state index is 14.0. The zero-order chi connectivity index (χ0) is 14.5. The summed E-state index contributed by atoms with van der Waals surface area (Å²) in [5.74, 6) is 0.547. The monoisotopic (exact) mass is 280 g/mol. The summed E-state index contributed by atoms with van der Waals surface area (Å²) in [4.78, 5) is 2.46. The van der Waals surface area contributed by atoms with Crippen molar-refractivity contribution in [3.63, 3.8) is 0 Å². The first-order valence-electron chi connectivity index (χ1n) is 7.45. The second-order valence-electron chi connectivity index (χ2n) is 5.51. The molecular formula is C16H25FN2O. The lowest BCUT2D eigenvalue weighted by Crippen LogP contribution is -2.46. The lowest BCUT2D eigenvalue weighted by Gasteiger charge is -2.38. The molecule has 2 rings (SSSR count). The summed E-state index contributed by atoms with van der Waals surface area (Å²) in [6, 6.07) is 5.66. The van der Waals surface area contributed by atoms with E-state index in [0.29, 0.717) is 11.7 Å². The van der Waals surface area contributed by atoms with E-state index in [2.05, 4.69) is 24.1 Å². The van der Waals surface area contributed by atoms with E-state index in [9.17, 15) is 4.39 Å². The lowest BCUT2D eigenvalue weighted by atomic mass is 9.90. The molecule has 3 nitrogen and oxygen atoms in total. The molecule has 0 radical (unpaired) electrons. The van der Waals surface area contributed by atoms with Gasteiger partial charge in [-0.05, 0) is 23.6 Å². The summed E-state index contributed by atoms with van der Waals surface area (Å²) in [5.41, 5.74) is 1.06. The van der Waals surface area contributed by atoms with E-state index in [0.717, 1.165) is 38.2 Å². The van der Waals surface area contributed by atoms with Crippen molar-refractivity contribution < 1.29 is 9.13 Å². The van der Waals surface area contributed by atoms with Gasteiger partial charge in [-0.15, -0.1) is 0 Å². The first kappa shape index (κ1) is 15.3. The average molecular weight is 280 g/mol. The van der Waals surface area contributed by atoms with Crippen LogP contribution in [-0.4, -0.2) is 38.2 Å². The molecule has 1 aromatic carbocycles. The highest BCUT2D eigenvalue weighted by Gasteiger charge is 2.27. The van der Waals surface area contributed by atoms with Crippen molar-refractivity contribution in [3.05, 3.63) is 29.6 Å². The topological polar surface area (TPSA) is 24.5 Å². The van der Waals surface area contributed by atoms with Gasteiger partial charge >= 0.3 is 0 Å². The van der Waals surface area contributed by atoms with Crippen LogP contribution in [-0.2, 0) is 0 Å². The fraction of sp³-hybridized carbons (Fsp3) is 0.625. The zero-order valence-corrected chi connectivity index (χ0v) is 12.7. The van der Waals surface area contributed by atoms with Gasteiger partial charge in [-0.25, -0.2) is 4.39 Å². The molecule has 0 spiro atoms. The van der Waals surface area contributed by atoms with E-state index >= 15 is 0 Å². The van der Waals surface area contributed by atoms with Crippen molar-refractivity contribution >= 4 is 0 Å². The van der Waals surface area contributed by atoms with Crippen LogP contribution >= 0.6 is 0 Å². The predicted octanol–water partition coefficient (Wildman–Crippen LogP) is 2.83. The van der Waals surface area contributed by atoms with Crippen LogP contribution in [0.3, 0.4) is 0 Å². The molecule has 20 heavy (non-hydrogen) atoms. The maximum Gasteiger partial charge on any atom is 0.165 e. The van der Waals surface area contributed by atoms with Gasteiger partial charge in [0.15, 0.2) is 11.6 Å². The highest BCUT2D eigenvalue weighted by atomic mass is 19.1. The van der Waals surface area contributed by atoms with Gasteiger partial charge in [0.2, 0.25) is 0 Å². The van der Waals surface area contributed by atoms with Gasteiger partial charge < -0.3 is 10.1 Å². The molecule has 1 aliphatic rings. The van der Waals surface area contributed by atoms with Crippen LogP contribution < -0.4 is 10.1 Å². The molecule has 1 unspecified atom stereocenters. The summed E-state index contributed by atoms with van der Waals surface area (Å²) in [6.07, 6.45) is 1.09. The second kappa shape index (κ2) is 7.04. The number of nitrogens with zero attached hydrogens (tertiary/aromatic N) is 1. The molecule has 112 valence electrons. The van der Waals surface area contributed by atoms with Gasteiger partial charge in [0.25, 0.3) is 0 Å². The molecule has 1 heterocycles. The highest BCUT2D eigenvalue weighted by molar-refractivity contribution is 5.31. The van der Waals surface area contributed by atoms with Crippen molar-refractivity contribution in [2.75, 3.05) is 33.3 Å². The van der Waals surface area contributed by atoms with E-state index in [1.165, 1.54) is 7.11 Å². The lowest BCUT2D eigenvalue weighted by molar-refractivity contribution is 0.128. The first-order chi connectivity index (χ1) is 9.67. The first-order valence-corrected chi connectivity index (χ1v) is 7.45. The van der Waals surface area contributed by atoms with Crippen molar-refractivity contribution in [1.29, 1.82) is 0 Å². The Morgan fingerprint density at radius 3 is 2.60 bits per heavy atom. The zero-order valence-electron chi connectivity index (χ0n) is 12.7. The standard InChI is InChI=1S/C16H25FN2O/c1-4-12(2)16(19-9-7-18-8-10-19)13-5-6-15(20-3)14(17)11-13/h5-6,11-12,16,18H,4,7-10H2,1-3H3/t12?,16-/m0/s1. The van der Waals surface area contributed by atoms with E-state index in [1.54, 1.807) is 12.1 Å². The molecule has 1 aliphatic heterocycles. The molecule has 0 bridgehead atoms. The van der Waals surface area contributed by atoms with Crippen LogP contribution in [0.25, 0.3) is 0 Å². The minimum absolute atomic E-state index is 0.270. The Kier molecular flexibility index (Phi) is 5.38. The van der Waals surface area contributed by atoms with Crippen molar-refractivity contribution in [2.45, 2.75) is 26.3 Å². The maximum absolute atomic E-state index is 14.0. The molecule has 1 fully saturated rings. The van der Waals surface area contributed by atoms with Gasteiger partial charge in [-0.2, -0.15) is 0 Å². The van der Waals surface area contributed by atoms with Gasteiger partial charge in [-0.3, -0.25) is 4.90 Å². The Morgan fingerprint density at radius 1 is 1.35 bits per heavy atom. The van der Waals surface area contributed by atoms with Gasteiger partial charge in [0.05, 0.1) is 7.11 Å². The van der Waals surface area contributed by atoms with Crippen LogP contribution in [0.2, 0.25) is 0 Å². The van der Waals surface area contributed by atoms with E-state index in [-0.39, 0.29) is 11.9 Å². The Morgan fingerprint density at radius 2 is 2.05 bits per heavy atom. The van der Waals surface area contributed by atoms with Crippen LogP contribution in [0.1, 0.15) is 31.9 Å². The largest absolute Gasteiger partial charge is 0.494 e. The van der Waals surface area contributed by atoms with Crippen LogP contribution in [0, 0.1) is 11.7 Å². The third-order valence-electron chi connectivity index (χ3n) is 4.25. The van der Waals surface area contributed by atoms with Crippen molar-refractivity contribution in [1.82, 2.24) is 10.2 Å². The van der Waals surface area contributed by atoms with Crippen LogP contribution in [0.15, 0.2) is 18.2 Å². The second-order valence-corrected chi connectivity index (χ2v) is 5.51. The highest BCUT2D eigenvalue weighted by Crippen LogP contribution is 2.33. The summed E-state index contributed by atoms with van der Waals surface area (Å²) in [6.45, 7) is 8.48. The van der Waals surface area contributed by atoms with Crippen molar-refractivity contribution in [3.8, 4) is 5.75 Å². The van der Waals surface area contributed by atoms with Gasteiger partial charge in [0.1, 0.15) is 0 Å². The summed E-state index contributed by atoms with van der Waals surface area (Å²) < 4.78 is 19.0. The number of hydrogen-bond acceptors (Lipinski definition) is 3. The Labute approximate surface area is 121 Å². The fourth-order valence-electron chi connectivity index (χ4n) is 2.95. The Balaban J connectivity index is 2.27. The smallest absolute Gasteiger partial charge is 0.165 e. The summed E-state index contributed by atoms with van der Waals surface area (Å²) in [7, 11) is 1.50. The minimum Gasteiger partial charge on any atom is -0.494 e. The van der Waals surface area contributed by atoms with Crippen LogP contribution in [0.5, 0.6) is 5.75 Å². The minimum atomic E-state index is -0.270. The summed E-state index contributed by atoms with van der Waals surface area (Å²) in [5, 5.41) is 3.37. The number of methoxy groups -OCH3 is 1. The van der Waals surface area contributed by atoms with E-state index < -0.39 is 0 Å². The SMILES string of the molecule is CCC(C)[C@@H](c1ccc(OC)c(F)c1)N1CCNCC1. The van der Waals surface area contributed by atoms with Crippen LogP contribution in [0.4, 0.5) is 4.39 Å². The molecule has 1 aromatic rings. The van der Waals surface area contributed by atoms with E-state index in [4.69, 9.17) is 4.74 Å². The molecule has 1 N–H and O–H groups in total. The number of nitrogens with one attached hydrogen (secondary N) is 1. The molecule has 0 amide bonds. The molecule has 1 saturated heterocycles. The molecule has 2 atom stereocenters. The third-order valence-corrected chi connectivity index (χ3v) is 4.25. The average Bonchev–Trinajstić information content (AvgIpc) is 2.48. The predicted molar refractivity (Wildman–Crippen MR) is 79.6 cm³/mol. The normalized spacial score (nSPS) is 19.6. The third kappa shape index (κ3) is 3.30. The van der Waals surface area contributed by atoms with Gasteiger partial charge in [-0.1, -0.05) is 26.3 Å². The summed E-state index contributed by atoms with van der Waals surface area (Å²) >= 11 is 0. The number of ether oxygens (including phenoxy) is 1. The molecular weight excluding hydrogens is 255 g/mol. The molecule has 4 heteroatoms. The number of hydrogen-bond donors (Lipinski definition) is 1. The number of benzene rings is 1. The van der Waals surface area contributed by atoms with E-state index in [1.807, 2.05) is 6.07 Å².